The SMILES string of the molecule is COCc1ccccc1-c1nc(Cl)c2c(n1)CSC2. The molecule has 0 spiro atoms. The highest BCUT2D eigenvalue weighted by molar-refractivity contribution is 7.98. The number of rotatable bonds is 3. The summed E-state index contributed by atoms with van der Waals surface area (Å²) in [6, 6.07) is 8.00. The number of thioether (sulfide) groups is 1. The molecule has 2 heterocycles. The van der Waals surface area contributed by atoms with E-state index in [4.69, 9.17) is 16.3 Å². The molecule has 19 heavy (non-hydrogen) atoms. The number of methoxy groups -OCH3 is 1. The van der Waals surface area contributed by atoms with Crippen LogP contribution >= 0.6 is 23.4 Å². The number of hydrogen-bond acceptors (Lipinski definition) is 4. The van der Waals surface area contributed by atoms with Crippen molar-refractivity contribution in [3.8, 4) is 11.4 Å². The summed E-state index contributed by atoms with van der Waals surface area (Å²) < 4.78 is 5.22. The zero-order valence-corrected chi connectivity index (χ0v) is 12.1. The second kappa shape index (κ2) is 5.49. The van der Waals surface area contributed by atoms with Crippen LogP contribution in [0.1, 0.15) is 16.8 Å². The summed E-state index contributed by atoms with van der Waals surface area (Å²) in [5.74, 6) is 2.52. The summed E-state index contributed by atoms with van der Waals surface area (Å²) in [6.45, 7) is 0.545. The first kappa shape index (κ1) is 12.9. The van der Waals surface area contributed by atoms with E-state index in [9.17, 15) is 0 Å². The summed E-state index contributed by atoms with van der Waals surface area (Å²) >= 11 is 8.08. The number of nitrogens with zero attached hydrogens (tertiary/aromatic N) is 2. The van der Waals surface area contributed by atoms with Crippen LogP contribution in [0.2, 0.25) is 5.15 Å². The number of benzene rings is 1. The van der Waals surface area contributed by atoms with E-state index in [1.54, 1.807) is 7.11 Å². The fourth-order valence-electron chi connectivity index (χ4n) is 2.15. The van der Waals surface area contributed by atoms with Gasteiger partial charge in [-0.15, -0.1) is 0 Å². The van der Waals surface area contributed by atoms with Gasteiger partial charge >= 0.3 is 0 Å². The maximum absolute atomic E-state index is 6.26. The molecular formula is C14H13ClN2OS. The van der Waals surface area contributed by atoms with E-state index >= 15 is 0 Å². The van der Waals surface area contributed by atoms with Crippen LogP contribution in [0.3, 0.4) is 0 Å². The molecule has 0 bridgehead atoms. The maximum Gasteiger partial charge on any atom is 0.161 e. The lowest BCUT2D eigenvalue weighted by Crippen LogP contribution is -2.00. The Hall–Kier alpha value is -1.10. The van der Waals surface area contributed by atoms with Gasteiger partial charge in [-0.2, -0.15) is 11.8 Å². The van der Waals surface area contributed by atoms with Gasteiger partial charge in [-0.25, -0.2) is 9.97 Å². The summed E-state index contributed by atoms with van der Waals surface area (Å²) in [5.41, 5.74) is 4.21. The average molecular weight is 293 g/mol. The fraction of sp³-hybridized carbons (Fsp3) is 0.286. The Morgan fingerprint density at radius 2 is 2.11 bits per heavy atom. The lowest BCUT2D eigenvalue weighted by atomic mass is 10.1. The highest BCUT2D eigenvalue weighted by Crippen LogP contribution is 2.34. The van der Waals surface area contributed by atoms with Gasteiger partial charge in [0.15, 0.2) is 5.82 Å². The molecule has 0 saturated carbocycles. The minimum Gasteiger partial charge on any atom is -0.380 e. The molecule has 1 aromatic heterocycles. The Kier molecular flexibility index (Phi) is 3.73. The standard InChI is InChI=1S/C14H13ClN2OS/c1-18-6-9-4-2-3-5-10(9)14-16-12-8-19-7-11(12)13(15)17-14/h2-5H,6-8H2,1H3. The Balaban J connectivity index is 2.10. The predicted octanol–water partition coefficient (Wildman–Crippen LogP) is 3.69. The van der Waals surface area contributed by atoms with E-state index in [-0.39, 0.29) is 0 Å². The molecule has 0 amide bonds. The molecule has 3 rings (SSSR count). The molecule has 0 unspecified atom stereocenters. The molecule has 1 aliphatic rings. The van der Waals surface area contributed by atoms with Crippen molar-refractivity contribution in [2.75, 3.05) is 7.11 Å². The van der Waals surface area contributed by atoms with Crippen LogP contribution in [-0.4, -0.2) is 17.1 Å². The number of fused-ring (bicyclic) bond motifs is 1. The highest BCUT2D eigenvalue weighted by atomic mass is 35.5. The Morgan fingerprint density at radius 1 is 1.26 bits per heavy atom. The quantitative estimate of drug-likeness (QED) is 0.808. The van der Waals surface area contributed by atoms with Crippen molar-refractivity contribution in [3.63, 3.8) is 0 Å². The largest absolute Gasteiger partial charge is 0.380 e. The first-order valence-corrected chi connectivity index (χ1v) is 7.53. The minimum atomic E-state index is 0.545. The Morgan fingerprint density at radius 3 is 2.95 bits per heavy atom. The van der Waals surface area contributed by atoms with Crippen molar-refractivity contribution >= 4 is 23.4 Å². The van der Waals surface area contributed by atoms with E-state index in [2.05, 4.69) is 9.97 Å². The Labute approximate surface area is 121 Å². The maximum atomic E-state index is 6.26. The van der Waals surface area contributed by atoms with Crippen LogP contribution in [-0.2, 0) is 22.8 Å². The lowest BCUT2D eigenvalue weighted by molar-refractivity contribution is 0.185. The van der Waals surface area contributed by atoms with Crippen LogP contribution in [0.15, 0.2) is 24.3 Å². The zero-order chi connectivity index (χ0) is 13.2. The molecule has 5 heteroatoms. The van der Waals surface area contributed by atoms with Crippen molar-refractivity contribution < 1.29 is 4.74 Å². The first-order valence-electron chi connectivity index (χ1n) is 6.00. The third-order valence-electron chi connectivity index (χ3n) is 3.09. The second-order valence-corrected chi connectivity index (χ2v) is 5.69. The molecule has 1 aliphatic heterocycles. The molecule has 98 valence electrons. The van der Waals surface area contributed by atoms with E-state index in [1.165, 1.54) is 0 Å². The summed E-state index contributed by atoms with van der Waals surface area (Å²) in [5, 5.41) is 0.581. The smallest absolute Gasteiger partial charge is 0.161 e. The second-order valence-electron chi connectivity index (χ2n) is 4.35. The van der Waals surface area contributed by atoms with Gasteiger partial charge in [-0.3, -0.25) is 0 Å². The van der Waals surface area contributed by atoms with Crippen molar-refractivity contribution in [2.24, 2.45) is 0 Å². The van der Waals surface area contributed by atoms with Gasteiger partial charge in [0.05, 0.1) is 12.3 Å². The molecule has 0 aliphatic carbocycles. The average Bonchev–Trinajstić information content (AvgIpc) is 2.88. The van der Waals surface area contributed by atoms with Crippen molar-refractivity contribution in [2.45, 2.75) is 18.1 Å². The van der Waals surface area contributed by atoms with Gasteiger partial charge in [-0.05, 0) is 5.56 Å². The van der Waals surface area contributed by atoms with Gasteiger partial charge in [0.25, 0.3) is 0 Å². The third-order valence-corrected chi connectivity index (χ3v) is 4.37. The van der Waals surface area contributed by atoms with Gasteiger partial charge in [0.1, 0.15) is 5.15 Å². The minimum absolute atomic E-state index is 0.545. The highest BCUT2D eigenvalue weighted by Gasteiger charge is 2.20. The van der Waals surface area contributed by atoms with Gasteiger partial charge in [0.2, 0.25) is 0 Å². The molecule has 0 N–H and O–H groups in total. The van der Waals surface area contributed by atoms with E-state index < -0.39 is 0 Å². The molecule has 1 aromatic carbocycles. The first-order chi connectivity index (χ1) is 9.29. The molecule has 0 fully saturated rings. The van der Waals surface area contributed by atoms with Gasteiger partial charge < -0.3 is 4.74 Å². The molecule has 0 radical (unpaired) electrons. The molecule has 3 nitrogen and oxygen atoms in total. The van der Waals surface area contributed by atoms with E-state index in [0.717, 1.165) is 33.9 Å². The number of aromatic nitrogens is 2. The lowest BCUT2D eigenvalue weighted by Gasteiger charge is -2.09. The normalized spacial score (nSPS) is 13.6. The van der Waals surface area contributed by atoms with E-state index in [0.29, 0.717) is 17.6 Å². The van der Waals surface area contributed by atoms with E-state index in [1.807, 2.05) is 36.0 Å². The Bertz CT molecular complexity index is 618. The number of hydrogen-bond donors (Lipinski definition) is 0. The van der Waals surface area contributed by atoms with Crippen LogP contribution in [0.25, 0.3) is 11.4 Å². The summed E-state index contributed by atoms with van der Waals surface area (Å²) in [4.78, 5) is 9.10. The number of halogens is 1. The summed E-state index contributed by atoms with van der Waals surface area (Å²) in [6.07, 6.45) is 0. The summed E-state index contributed by atoms with van der Waals surface area (Å²) in [7, 11) is 1.68. The van der Waals surface area contributed by atoms with Crippen LogP contribution in [0, 0.1) is 0 Å². The number of ether oxygens (including phenoxy) is 1. The third kappa shape index (κ3) is 2.48. The zero-order valence-electron chi connectivity index (χ0n) is 10.5. The van der Waals surface area contributed by atoms with Crippen molar-refractivity contribution in [1.29, 1.82) is 0 Å². The molecule has 0 saturated heterocycles. The van der Waals surface area contributed by atoms with Crippen molar-refractivity contribution in [3.05, 3.63) is 46.2 Å². The molecular weight excluding hydrogens is 280 g/mol. The van der Waals surface area contributed by atoms with Crippen LogP contribution < -0.4 is 0 Å². The van der Waals surface area contributed by atoms with Gasteiger partial charge in [-0.1, -0.05) is 35.9 Å². The molecule has 2 aromatic rings. The topological polar surface area (TPSA) is 35.0 Å². The monoisotopic (exact) mass is 292 g/mol. The fourth-order valence-corrected chi connectivity index (χ4v) is 3.53. The van der Waals surface area contributed by atoms with Crippen LogP contribution in [0.5, 0.6) is 0 Å². The molecule has 0 atom stereocenters. The van der Waals surface area contributed by atoms with Crippen molar-refractivity contribution in [1.82, 2.24) is 9.97 Å². The van der Waals surface area contributed by atoms with Gasteiger partial charge in [0, 0.05) is 29.7 Å². The van der Waals surface area contributed by atoms with Crippen LogP contribution in [0.4, 0.5) is 0 Å². The predicted molar refractivity (Wildman–Crippen MR) is 78.2 cm³/mol.